The first-order chi connectivity index (χ1) is 24.7. The van der Waals surface area contributed by atoms with Gasteiger partial charge in [0.2, 0.25) is 23.5 Å². The Bertz CT molecular complexity index is 1540. The zero-order valence-corrected chi connectivity index (χ0v) is 31.9. The molecule has 4 aliphatic rings. The predicted molar refractivity (Wildman–Crippen MR) is 195 cm³/mol. The molecule has 1 spiro atoms. The first kappa shape index (κ1) is 39.2. The number of nitrogens with one attached hydrogen (secondary N) is 3. The normalized spacial score (nSPS) is 23.0. The second-order valence-electron chi connectivity index (χ2n) is 15.8. The van der Waals surface area contributed by atoms with Crippen LogP contribution in [0.15, 0.2) is 17.3 Å². The van der Waals surface area contributed by atoms with Crippen LogP contribution in [0.2, 0.25) is 0 Å². The van der Waals surface area contributed by atoms with Gasteiger partial charge in [-0.2, -0.15) is 0 Å². The summed E-state index contributed by atoms with van der Waals surface area (Å²) in [6.45, 7) is 9.25. The van der Waals surface area contributed by atoms with Crippen molar-refractivity contribution in [3.05, 3.63) is 28.8 Å². The molecule has 1 saturated heterocycles. The number of ketones is 1. The lowest BCUT2D eigenvalue weighted by Crippen LogP contribution is -2.62. The second-order valence-corrected chi connectivity index (χ2v) is 15.8. The Morgan fingerprint density at radius 1 is 1.02 bits per heavy atom. The summed E-state index contributed by atoms with van der Waals surface area (Å²) in [5, 5.41) is 13.0. The number of carbonyl (C=O) groups excluding carboxylic acids is 5. The fraction of sp³-hybridized carbons (Fsp3) is 0.692. The van der Waals surface area contributed by atoms with Crippen LogP contribution in [0, 0.1) is 19.8 Å². The van der Waals surface area contributed by atoms with Gasteiger partial charge >= 0.3 is 0 Å². The van der Waals surface area contributed by atoms with Crippen LogP contribution in [0.5, 0.6) is 5.75 Å². The van der Waals surface area contributed by atoms with Crippen LogP contribution in [0.3, 0.4) is 0 Å². The quantitative estimate of drug-likeness (QED) is 0.230. The molecule has 2 aliphatic carbocycles. The molecule has 1 aromatic carbocycles. The van der Waals surface area contributed by atoms with Gasteiger partial charge in [-0.05, 0) is 89.0 Å². The fourth-order valence-corrected chi connectivity index (χ4v) is 7.88. The summed E-state index contributed by atoms with van der Waals surface area (Å²) in [5.41, 5.74) is 1.22. The van der Waals surface area contributed by atoms with Crippen molar-refractivity contribution in [2.75, 3.05) is 20.8 Å². The van der Waals surface area contributed by atoms with Crippen molar-refractivity contribution >= 4 is 35.1 Å². The van der Waals surface area contributed by atoms with Crippen molar-refractivity contribution in [2.24, 2.45) is 11.1 Å². The van der Waals surface area contributed by atoms with E-state index >= 15 is 0 Å². The molecule has 4 amide bonds. The molecule has 0 bridgehead atoms. The standard InChI is InChI=1S/C39H57N5O8/c1-8-12-28(32(46)36(48)40-27-15-16-27)41-35(47)30-21-39(20-29(43-52-39)26-17-23(2)33(50-6)24(3)18-26)22-44(30)37(49)34(38(4,5)51-7)42-31(45)19-25-13-10-9-11-14-25/h17-18,25,27-28,30,34H,8-16,19-22H2,1-7H3,(H,40,48)(H,41,47)(H,42,45)/t28-,30-,34+,39+/m0/s1. The van der Waals surface area contributed by atoms with E-state index in [1.165, 1.54) is 12.0 Å². The molecule has 3 fully saturated rings. The number of ether oxygens (including phenoxy) is 2. The highest BCUT2D eigenvalue weighted by Gasteiger charge is 2.56. The van der Waals surface area contributed by atoms with E-state index in [1.54, 1.807) is 21.0 Å². The van der Waals surface area contributed by atoms with Crippen LogP contribution in [0.25, 0.3) is 0 Å². The third kappa shape index (κ3) is 8.95. The molecule has 5 rings (SSSR count). The number of nitrogens with zero attached hydrogens (tertiary/aromatic N) is 2. The summed E-state index contributed by atoms with van der Waals surface area (Å²) in [7, 11) is 3.11. The molecule has 13 nitrogen and oxygen atoms in total. The van der Waals surface area contributed by atoms with Crippen LogP contribution in [-0.2, 0) is 33.5 Å². The Balaban J connectivity index is 1.42. The van der Waals surface area contributed by atoms with Crippen molar-refractivity contribution in [2.45, 2.75) is 147 Å². The lowest BCUT2D eigenvalue weighted by atomic mass is 9.86. The molecule has 0 radical (unpaired) electrons. The molecular formula is C39H57N5O8. The molecule has 4 atom stereocenters. The van der Waals surface area contributed by atoms with Gasteiger partial charge < -0.3 is 35.2 Å². The SMILES string of the molecule is CCC[C@H](NC(=O)[C@@H]1C[C@]2(CC(c3cc(C)c(OC)c(C)c3)=NO2)CN1C(=O)[C@@H](NC(=O)CC1CCCCC1)C(C)(C)OC)C(=O)C(=O)NC1CC1. The first-order valence-electron chi connectivity index (χ1n) is 18.9. The Morgan fingerprint density at radius 3 is 2.29 bits per heavy atom. The van der Waals surface area contributed by atoms with E-state index in [1.807, 2.05) is 32.9 Å². The van der Waals surface area contributed by atoms with Crippen molar-refractivity contribution < 1.29 is 38.3 Å². The van der Waals surface area contributed by atoms with E-state index in [2.05, 4.69) is 21.1 Å². The molecule has 2 heterocycles. The fourth-order valence-electron chi connectivity index (χ4n) is 7.88. The summed E-state index contributed by atoms with van der Waals surface area (Å²) in [4.78, 5) is 76.1. The van der Waals surface area contributed by atoms with E-state index in [0.29, 0.717) is 25.0 Å². The maximum Gasteiger partial charge on any atom is 0.289 e. The summed E-state index contributed by atoms with van der Waals surface area (Å²) >= 11 is 0. The summed E-state index contributed by atoms with van der Waals surface area (Å²) in [5.74, 6) is -1.72. The highest BCUT2D eigenvalue weighted by molar-refractivity contribution is 6.38. The van der Waals surface area contributed by atoms with Crippen LogP contribution in [-0.4, -0.2) is 96.2 Å². The van der Waals surface area contributed by atoms with Gasteiger partial charge in [-0.25, -0.2) is 0 Å². The molecular weight excluding hydrogens is 666 g/mol. The molecule has 2 aliphatic heterocycles. The first-order valence-corrected chi connectivity index (χ1v) is 18.9. The van der Waals surface area contributed by atoms with E-state index < -0.39 is 52.8 Å². The van der Waals surface area contributed by atoms with E-state index in [9.17, 15) is 24.0 Å². The highest BCUT2D eigenvalue weighted by Crippen LogP contribution is 2.40. The van der Waals surface area contributed by atoms with Gasteiger partial charge in [0.25, 0.3) is 5.91 Å². The number of methoxy groups -OCH3 is 2. The van der Waals surface area contributed by atoms with Gasteiger partial charge in [0, 0.05) is 38.0 Å². The van der Waals surface area contributed by atoms with Crippen molar-refractivity contribution in [1.82, 2.24) is 20.9 Å². The predicted octanol–water partition coefficient (Wildman–Crippen LogP) is 3.79. The summed E-state index contributed by atoms with van der Waals surface area (Å²) in [6, 6.07) is 0.672. The van der Waals surface area contributed by atoms with Crippen LogP contribution < -0.4 is 20.7 Å². The number of hydrogen-bond acceptors (Lipinski definition) is 9. The monoisotopic (exact) mass is 723 g/mol. The van der Waals surface area contributed by atoms with E-state index in [0.717, 1.165) is 67.4 Å². The lowest BCUT2D eigenvalue weighted by Gasteiger charge is -2.37. The number of oxime groups is 1. The van der Waals surface area contributed by atoms with E-state index in [-0.39, 0.29) is 37.3 Å². The maximum atomic E-state index is 14.7. The topological polar surface area (TPSA) is 165 Å². The minimum Gasteiger partial charge on any atom is -0.496 e. The van der Waals surface area contributed by atoms with Crippen molar-refractivity contribution in [3.63, 3.8) is 0 Å². The van der Waals surface area contributed by atoms with Crippen LogP contribution >= 0.6 is 0 Å². The minimum absolute atomic E-state index is 0.00832. The average Bonchev–Trinajstić information content (AvgIpc) is 3.71. The van der Waals surface area contributed by atoms with Gasteiger partial charge in [-0.3, -0.25) is 24.0 Å². The molecule has 2 saturated carbocycles. The van der Waals surface area contributed by atoms with Crippen LogP contribution in [0.1, 0.15) is 115 Å². The van der Waals surface area contributed by atoms with Gasteiger partial charge in [0.15, 0.2) is 5.60 Å². The number of benzene rings is 1. The molecule has 286 valence electrons. The van der Waals surface area contributed by atoms with E-state index in [4.69, 9.17) is 14.3 Å². The van der Waals surface area contributed by atoms with Gasteiger partial charge in [-0.15, -0.1) is 0 Å². The van der Waals surface area contributed by atoms with Gasteiger partial charge in [0.05, 0.1) is 31.0 Å². The maximum absolute atomic E-state index is 14.7. The summed E-state index contributed by atoms with van der Waals surface area (Å²) < 4.78 is 11.3. The zero-order chi connectivity index (χ0) is 37.8. The number of hydrogen-bond donors (Lipinski definition) is 3. The molecule has 3 N–H and O–H groups in total. The Hall–Kier alpha value is -4.00. The highest BCUT2D eigenvalue weighted by atomic mass is 16.7. The lowest BCUT2D eigenvalue weighted by molar-refractivity contribution is -0.149. The van der Waals surface area contributed by atoms with Gasteiger partial charge in [0.1, 0.15) is 17.8 Å². The average molecular weight is 724 g/mol. The molecule has 0 unspecified atom stereocenters. The van der Waals surface area contributed by atoms with Gasteiger partial charge in [-0.1, -0.05) is 37.8 Å². The number of carbonyl (C=O) groups is 5. The largest absolute Gasteiger partial charge is 0.496 e. The summed E-state index contributed by atoms with van der Waals surface area (Å²) in [6.07, 6.45) is 8.43. The number of amides is 4. The molecule has 52 heavy (non-hydrogen) atoms. The number of Topliss-reactive ketones (excluding diaryl/α,β-unsaturated/α-hetero) is 1. The molecule has 1 aromatic rings. The number of rotatable bonds is 15. The Labute approximate surface area is 307 Å². The smallest absolute Gasteiger partial charge is 0.289 e. The Kier molecular flexibility index (Phi) is 12.3. The minimum atomic E-state index is -1.13. The van der Waals surface area contributed by atoms with Crippen molar-refractivity contribution in [1.29, 1.82) is 0 Å². The third-order valence-corrected chi connectivity index (χ3v) is 11.1. The zero-order valence-electron chi connectivity index (χ0n) is 31.9. The second kappa shape index (κ2) is 16.3. The van der Waals surface area contributed by atoms with Crippen LogP contribution in [0.4, 0.5) is 0 Å². The molecule has 13 heteroatoms. The third-order valence-electron chi connectivity index (χ3n) is 11.1. The Morgan fingerprint density at radius 2 is 1.69 bits per heavy atom. The number of likely N-dealkylation sites (tertiary alicyclic amines) is 1. The molecule has 0 aromatic heterocycles. The van der Waals surface area contributed by atoms with Crippen molar-refractivity contribution in [3.8, 4) is 5.75 Å². The number of aryl methyl sites for hydroxylation is 2.